The van der Waals surface area contributed by atoms with Crippen LogP contribution < -0.4 is 15.4 Å². The molecule has 1 aromatic carbocycles. The maximum atomic E-state index is 6.15. The molecule has 0 saturated carbocycles. The van der Waals surface area contributed by atoms with Gasteiger partial charge >= 0.3 is 0 Å². The van der Waals surface area contributed by atoms with Crippen molar-refractivity contribution in [1.82, 2.24) is 0 Å². The average Bonchev–Trinajstić information content (AvgIpc) is 2.65. The minimum Gasteiger partial charge on any atom is -0.497 e. The monoisotopic (exact) mass is 275 g/mol. The minimum atomic E-state index is -0.0348. The first kappa shape index (κ1) is 13.2. The number of rotatable bonds is 2. The van der Waals surface area contributed by atoms with E-state index in [1.807, 2.05) is 18.2 Å². The largest absolute Gasteiger partial charge is 0.497 e. The molecule has 2 aliphatic rings. The van der Waals surface area contributed by atoms with Crippen LogP contribution in [0.15, 0.2) is 29.3 Å². The molecule has 3 rings (SSSR count). The Morgan fingerprint density at radius 3 is 3.10 bits per heavy atom. The van der Waals surface area contributed by atoms with E-state index in [0.29, 0.717) is 5.96 Å². The fourth-order valence-corrected chi connectivity index (χ4v) is 3.14. The number of benzene rings is 1. The second-order valence-electron chi connectivity index (χ2n) is 5.40. The van der Waals surface area contributed by atoms with Gasteiger partial charge in [0.05, 0.1) is 19.2 Å². The molecular weight excluding hydrogens is 254 g/mol. The summed E-state index contributed by atoms with van der Waals surface area (Å²) in [6.45, 7) is 2.34. The molecule has 1 spiro atoms. The molecule has 0 aliphatic carbocycles. The van der Waals surface area contributed by atoms with Gasteiger partial charge in [-0.15, -0.1) is 0 Å². The zero-order chi connectivity index (χ0) is 14.0. The second-order valence-corrected chi connectivity index (χ2v) is 5.40. The lowest BCUT2D eigenvalue weighted by Gasteiger charge is -2.38. The maximum absolute atomic E-state index is 6.15. The number of aliphatic imine (C=N–C) groups is 1. The molecule has 108 valence electrons. The summed E-state index contributed by atoms with van der Waals surface area (Å²) in [4.78, 5) is 6.66. The lowest BCUT2D eigenvalue weighted by molar-refractivity contribution is 0.140. The van der Waals surface area contributed by atoms with Gasteiger partial charge in [-0.05, 0) is 31.4 Å². The van der Waals surface area contributed by atoms with E-state index in [1.54, 1.807) is 7.11 Å². The van der Waals surface area contributed by atoms with Crippen LogP contribution in [0.4, 0.5) is 5.69 Å². The standard InChI is InChI=1S/C15H21N3O2/c1-19-13-5-2-4-12(10-13)18-14(16)17-11-15(18)6-3-8-20-9-7-15/h2,4-5,10H,3,6-9,11H2,1H3,(H2,16,17). The summed E-state index contributed by atoms with van der Waals surface area (Å²) in [6.07, 6.45) is 3.05. The normalized spacial score (nSPS) is 26.4. The number of anilines is 1. The topological polar surface area (TPSA) is 60.1 Å². The zero-order valence-corrected chi connectivity index (χ0v) is 11.8. The highest BCUT2D eigenvalue weighted by molar-refractivity contribution is 5.98. The molecule has 2 aliphatic heterocycles. The van der Waals surface area contributed by atoms with Crippen molar-refractivity contribution in [2.75, 3.05) is 31.8 Å². The maximum Gasteiger partial charge on any atom is 0.196 e. The van der Waals surface area contributed by atoms with Gasteiger partial charge in [-0.25, -0.2) is 0 Å². The fourth-order valence-electron chi connectivity index (χ4n) is 3.14. The quantitative estimate of drug-likeness (QED) is 0.893. The highest BCUT2D eigenvalue weighted by Crippen LogP contribution is 2.37. The van der Waals surface area contributed by atoms with Crippen LogP contribution in [0, 0.1) is 0 Å². The van der Waals surface area contributed by atoms with Crippen molar-refractivity contribution >= 4 is 11.6 Å². The van der Waals surface area contributed by atoms with Crippen LogP contribution in [0.5, 0.6) is 5.75 Å². The summed E-state index contributed by atoms with van der Waals surface area (Å²) in [5, 5.41) is 0. The van der Waals surface area contributed by atoms with Crippen molar-refractivity contribution in [2.24, 2.45) is 10.7 Å². The van der Waals surface area contributed by atoms with E-state index >= 15 is 0 Å². The van der Waals surface area contributed by atoms with Crippen LogP contribution in [-0.4, -0.2) is 38.4 Å². The van der Waals surface area contributed by atoms with Gasteiger partial charge in [0.25, 0.3) is 0 Å². The summed E-state index contributed by atoms with van der Waals surface area (Å²) in [7, 11) is 1.68. The molecule has 5 nitrogen and oxygen atoms in total. The van der Waals surface area contributed by atoms with Gasteiger partial charge in [0, 0.05) is 25.0 Å². The first-order valence-electron chi connectivity index (χ1n) is 7.07. The summed E-state index contributed by atoms with van der Waals surface area (Å²) in [6, 6.07) is 8.00. The molecule has 1 saturated heterocycles. The molecule has 0 amide bonds. The first-order chi connectivity index (χ1) is 9.75. The Balaban J connectivity index is 1.96. The third-order valence-electron chi connectivity index (χ3n) is 4.19. The van der Waals surface area contributed by atoms with Gasteiger partial charge in [0.1, 0.15) is 5.75 Å². The zero-order valence-electron chi connectivity index (χ0n) is 11.8. The highest BCUT2D eigenvalue weighted by Gasteiger charge is 2.43. The highest BCUT2D eigenvalue weighted by atomic mass is 16.5. The molecule has 5 heteroatoms. The molecule has 1 unspecified atom stereocenters. The van der Waals surface area contributed by atoms with E-state index in [0.717, 1.165) is 50.5 Å². The third-order valence-corrected chi connectivity index (χ3v) is 4.19. The van der Waals surface area contributed by atoms with Crippen LogP contribution in [0.3, 0.4) is 0 Å². The fraction of sp³-hybridized carbons (Fsp3) is 0.533. The van der Waals surface area contributed by atoms with E-state index < -0.39 is 0 Å². The number of nitrogens with two attached hydrogens (primary N) is 1. The predicted molar refractivity (Wildman–Crippen MR) is 79.4 cm³/mol. The second kappa shape index (κ2) is 5.32. The van der Waals surface area contributed by atoms with Crippen LogP contribution in [-0.2, 0) is 4.74 Å². The summed E-state index contributed by atoms with van der Waals surface area (Å²) >= 11 is 0. The predicted octanol–water partition coefficient (Wildman–Crippen LogP) is 1.77. The molecule has 20 heavy (non-hydrogen) atoms. The van der Waals surface area contributed by atoms with Crippen molar-refractivity contribution in [1.29, 1.82) is 0 Å². The minimum absolute atomic E-state index is 0.0348. The Labute approximate surface area is 119 Å². The Morgan fingerprint density at radius 1 is 1.35 bits per heavy atom. The Morgan fingerprint density at radius 2 is 2.25 bits per heavy atom. The number of hydrogen-bond acceptors (Lipinski definition) is 5. The summed E-state index contributed by atoms with van der Waals surface area (Å²) in [5.41, 5.74) is 7.16. The smallest absolute Gasteiger partial charge is 0.196 e. The Bertz CT molecular complexity index is 508. The van der Waals surface area contributed by atoms with Crippen molar-refractivity contribution in [3.05, 3.63) is 24.3 Å². The van der Waals surface area contributed by atoms with Crippen LogP contribution >= 0.6 is 0 Å². The van der Waals surface area contributed by atoms with E-state index in [4.69, 9.17) is 15.2 Å². The number of guanidine groups is 1. The first-order valence-corrected chi connectivity index (χ1v) is 7.07. The lowest BCUT2D eigenvalue weighted by atomic mass is 9.89. The number of methoxy groups -OCH3 is 1. The number of nitrogens with zero attached hydrogens (tertiary/aromatic N) is 2. The molecular formula is C15H21N3O2. The van der Waals surface area contributed by atoms with Crippen molar-refractivity contribution < 1.29 is 9.47 Å². The Hall–Kier alpha value is -1.75. The molecule has 1 atom stereocenters. The van der Waals surface area contributed by atoms with E-state index in [-0.39, 0.29) is 5.54 Å². The van der Waals surface area contributed by atoms with Gasteiger partial charge in [0.15, 0.2) is 5.96 Å². The van der Waals surface area contributed by atoms with Crippen molar-refractivity contribution in [3.8, 4) is 5.75 Å². The molecule has 2 heterocycles. The molecule has 1 fully saturated rings. The molecule has 0 bridgehead atoms. The van der Waals surface area contributed by atoms with Crippen LogP contribution in [0.25, 0.3) is 0 Å². The third kappa shape index (κ3) is 2.22. The summed E-state index contributed by atoms with van der Waals surface area (Å²) in [5.74, 6) is 1.43. The Kier molecular flexibility index (Phi) is 3.53. The molecule has 2 N–H and O–H groups in total. The van der Waals surface area contributed by atoms with Gasteiger partial charge in [-0.1, -0.05) is 6.07 Å². The summed E-state index contributed by atoms with van der Waals surface area (Å²) < 4.78 is 10.9. The van der Waals surface area contributed by atoms with E-state index in [2.05, 4.69) is 16.0 Å². The average molecular weight is 275 g/mol. The molecule has 1 aromatic rings. The van der Waals surface area contributed by atoms with Gasteiger partial charge in [0.2, 0.25) is 0 Å². The van der Waals surface area contributed by atoms with E-state index in [1.165, 1.54) is 0 Å². The van der Waals surface area contributed by atoms with Gasteiger partial charge in [-0.3, -0.25) is 4.99 Å². The van der Waals surface area contributed by atoms with Crippen LogP contribution in [0.1, 0.15) is 19.3 Å². The van der Waals surface area contributed by atoms with Gasteiger partial charge < -0.3 is 20.1 Å². The van der Waals surface area contributed by atoms with Crippen molar-refractivity contribution in [2.45, 2.75) is 24.8 Å². The number of ether oxygens (including phenoxy) is 2. The van der Waals surface area contributed by atoms with Gasteiger partial charge in [-0.2, -0.15) is 0 Å². The van der Waals surface area contributed by atoms with Crippen LogP contribution in [0.2, 0.25) is 0 Å². The SMILES string of the molecule is COc1cccc(N2C(N)=NCC23CCCOCC3)c1. The molecule has 0 aromatic heterocycles. The molecule has 0 radical (unpaired) electrons. The van der Waals surface area contributed by atoms with Crippen molar-refractivity contribution in [3.63, 3.8) is 0 Å². The number of hydrogen-bond donors (Lipinski definition) is 1. The van der Waals surface area contributed by atoms with E-state index in [9.17, 15) is 0 Å². The lowest BCUT2D eigenvalue weighted by Crippen LogP contribution is -2.52.